The maximum absolute atomic E-state index is 13.5. The highest BCUT2D eigenvalue weighted by atomic mass is 35.5. The average molecular weight is 474 g/mol. The smallest absolute Gasteiger partial charge is 0.259 e. The van der Waals surface area contributed by atoms with Crippen LogP contribution in [0.2, 0.25) is 5.02 Å². The first kappa shape index (κ1) is 21.4. The van der Waals surface area contributed by atoms with E-state index in [1.54, 1.807) is 11.4 Å². The highest BCUT2D eigenvalue weighted by molar-refractivity contribution is 7.12. The van der Waals surface area contributed by atoms with Crippen LogP contribution < -0.4 is 16.4 Å². The van der Waals surface area contributed by atoms with E-state index in [0.717, 1.165) is 16.7 Å². The molecule has 3 aromatic carbocycles. The van der Waals surface area contributed by atoms with Gasteiger partial charge in [0.05, 0.1) is 10.4 Å². The van der Waals surface area contributed by atoms with Gasteiger partial charge in [-0.25, -0.2) is 0 Å². The molecule has 1 aliphatic rings. The molecule has 0 fully saturated rings. The number of carbonyl (C=O) groups excluding carboxylic acids is 2. The lowest BCUT2D eigenvalue weighted by atomic mass is 9.76. The molecule has 2 atom stereocenters. The lowest BCUT2D eigenvalue weighted by Gasteiger charge is -2.38. The van der Waals surface area contributed by atoms with Crippen molar-refractivity contribution in [1.29, 1.82) is 0 Å². The van der Waals surface area contributed by atoms with Gasteiger partial charge in [-0.1, -0.05) is 72.3 Å². The number of halogens is 1. The van der Waals surface area contributed by atoms with Gasteiger partial charge in [-0.2, -0.15) is 0 Å². The van der Waals surface area contributed by atoms with E-state index in [1.807, 2.05) is 78.9 Å². The predicted octanol–water partition coefficient (Wildman–Crippen LogP) is 5.08. The molecular formula is C26H20ClN3O2S. The van der Waals surface area contributed by atoms with E-state index in [-0.39, 0.29) is 5.91 Å². The van der Waals surface area contributed by atoms with Gasteiger partial charge in [0.2, 0.25) is 5.91 Å². The molecular weight excluding hydrogens is 454 g/mol. The molecule has 1 aromatic heterocycles. The third-order valence-electron chi connectivity index (χ3n) is 5.91. The molecule has 2 heterocycles. The standard InChI is InChI=1S/C26H20ClN3O2S/c27-18-10-6-9-17(15-18)26(16-7-2-1-3-8-16)20-11-4-5-12-21(20)29-25(32)22(30-26)19-13-14-33-23(19)24(28)31/h1-15,22,30H,(H2,28,31)(H,29,32). The van der Waals surface area contributed by atoms with Crippen molar-refractivity contribution >= 4 is 40.4 Å². The zero-order valence-electron chi connectivity index (χ0n) is 17.4. The summed E-state index contributed by atoms with van der Waals surface area (Å²) >= 11 is 7.67. The minimum Gasteiger partial charge on any atom is -0.365 e. The SMILES string of the molecule is NC(=O)c1sccc1C1NC(c2ccccc2)(c2cccc(Cl)c2)c2ccccc2NC1=O. The lowest BCUT2D eigenvalue weighted by molar-refractivity contribution is -0.118. The van der Waals surface area contributed by atoms with Gasteiger partial charge < -0.3 is 11.1 Å². The molecule has 0 saturated carbocycles. The molecule has 0 saturated heterocycles. The van der Waals surface area contributed by atoms with Gasteiger partial charge in [-0.3, -0.25) is 14.9 Å². The highest BCUT2D eigenvalue weighted by Gasteiger charge is 2.45. The summed E-state index contributed by atoms with van der Waals surface area (Å²) in [6.45, 7) is 0. The van der Waals surface area contributed by atoms with Gasteiger partial charge in [-0.15, -0.1) is 11.3 Å². The second-order valence-corrected chi connectivity index (χ2v) is 9.16. The number of rotatable bonds is 4. The lowest BCUT2D eigenvalue weighted by Crippen LogP contribution is -2.47. The summed E-state index contributed by atoms with van der Waals surface area (Å²) in [6, 6.07) is 26.1. The maximum Gasteiger partial charge on any atom is 0.259 e. The van der Waals surface area contributed by atoms with Crippen molar-refractivity contribution in [2.45, 2.75) is 11.6 Å². The number of thiophene rings is 1. The van der Waals surface area contributed by atoms with E-state index in [1.165, 1.54) is 11.3 Å². The molecule has 5 rings (SSSR count). The van der Waals surface area contributed by atoms with Crippen molar-refractivity contribution < 1.29 is 9.59 Å². The summed E-state index contributed by atoms with van der Waals surface area (Å²) < 4.78 is 0. The van der Waals surface area contributed by atoms with Crippen molar-refractivity contribution in [2.75, 3.05) is 5.32 Å². The molecule has 0 bridgehead atoms. The topological polar surface area (TPSA) is 84.2 Å². The molecule has 2 amide bonds. The summed E-state index contributed by atoms with van der Waals surface area (Å²) in [5.74, 6) is -0.840. The molecule has 5 nitrogen and oxygen atoms in total. The minimum atomic E-state index is -0.941. The summed E-state index contributed by atoms with van der Waals surface area (Å²) in [7, 11) is 0. The fourth-order valence-corrected chi connectivity index (χ4v) is 5.48. The Hall–Kier alpha value is -3.45. The first-order chi connectivity index (χ1) is 16.0. The van der Waals surface area contributed by atoms with E-state index >= 15 is 0 Å². The molecule has 164 valence electrons. The summed E-state index contributed by atoms with van der Waals surface area (Å²) in [5.41, 5.74) is 8.58. The number of anilines is 1. The minimum absolute atomic E-state index is 0.275. The van der Waals surface area contributed by atoms with Crippen LogP contribution in [0.15, 0.2) is 90.3 Å². The van der Waals surface area contributed by atoms with E-state index in [4.69, 9.17) is 17.3 Å². The van der Waals surface area contributed by atoms with Gasteiger partial charge >= 0.3 is 0 Å². The van der Waals surface area contributed by atoms with Crippen LogP contribution >= 0.6 is 22.9 Å². The fraction of sp³-hybridized carbons (Fsp3) is 0.0769. The molecule has 7 heteroatoms. The first-order valence-electron chi connectivity index (χ1n) is 10.4. The Bertz CT molecular complexity index is 1350. The zero-order chi connectivity index (χ0) is 23.0. The maximum atomic E-state index is 13.5. The van der Waals surface area contributed by atoms with Crippen molar-refractivity contribution in [2.24, 2.45) is 5.73 Å². The Morgan fingerprint density at radius 3 is 2.42 bits per heavy atom. The zero-order valence-corrected chi connectivity index (χ0v) is 19.0. The Balaban J connectivity index is 1.84. The van der Waals surface area contributed by atoms with E-state index in [2.05, 4.69) is 10.6 Å². The van der Waals surface area contributed by atoms with E-state index < -0.39 is 17.5 Å². The molecule has 2 unspecified atom stereocenters. The number of primary amides is 1. The predicted molar refractivity (Wildman–Crippen MR) is 132 cm³/mol. The number of nitrogens with two attached hydrogens (primary N) is 1. The number of amides is 2. The summed E-state index contributed by atoms with van der Waals surface area (Å²) in [6.07, 6.45) is 0. The first-order valence-corrected chi connectivity index (χ1v) is 11.6. The Kier molecular flexibility index (Phi) is 5.50. The van der Waals surface area contributed by atoms with Crippen LogP contribution in [0, 0.1) is 0 Å². The van der Waals surface area contributed by atoms with Gasteiger partial charge in [0, 0.05) is 21.8 Å². The van der Waals surface area contributed by atoms with Crippen LogP contribution in [-0.2, 0) is 10.3 Å². The highest BCUT2D eigenvalue weighted by Crippen LogP contribution is 2.45. The molecule has 33 heavy (non-hydrogen) atoms. The summed E-state index contributed by atoms with van der Waals surface area (Å²) in [5, 5.41) is 9.02. The molecule has 0 radical (unpaired) electrons. The number of hydrogen-bond donors (Lipinski definition) is 3. The van der Waals surface area contributed by atoms with Crippen LogP contribution in [0.3, 0.4) is 0 Å². The van der Waals surface area contributed by atoms with Gasteiger partial charge in [0.15, 0.2) is 0 Å². The number of fused-ring (bicyclic) bond motifs is 1. The van der Waals surface area contributed by atoms with Crippen LogP contribution in [0.25, 0.3) is 0 Å². The Labute approximate surface area is 200 Å². The summed E-state index contributed by atoms with van der Waals surface area (Å²) in [4.78, 5) is 26.0. The molecule has 4 N–H and O–H groups in total. The van der Waals surface area contributed by atoms with E-state index in [9.17, 15) is 9.59 Å². The Morgan fingerprint density at radius 1 is 0.939 bits per heavy atom. The Morgan fingerprint density at radius 2 is 1.67 bits per heavy atom. The van der Waals surface area contributed by atoms with Gasteiger partial charge in [0.1, 0.15) is 6.04 Å². The molecule has 0 spiro atoms. The van der Waals surface area contributed by atoms with Crippen LogP contribution in [0.5, 0.6) is 0 Å². The third kappa shape index (κ3) is 3.62. The second-order valence-electron chi connectivity index (χ2n) is 7.81. The largest absolute Gasteiger partial charge is 0.365 e. The van der Waals surface area contributed by atoms with Gasteiger partial charge in [0.25, 0.3) is 5.91 Å². The van der Waals surface area contributed by atoms with Crippen molar-refractivity contribution in [1.82, 2.24) is 5.32 Å². The van der Waals surface area contributed by atoms with E-state index in [0.29, 0.717) is 21.2 Å². The molecule has 4 aromatic rings. The second kappa shape index (κ2) is 8.48. The fourth-order valence-electron chi connectivity index (χ4n) is 4.50. The average Bonchev–Trinajstić information content (AvgIpc) is 3.26. The number of carbonyl (C=O) groups is 2. The van der Waals surface area contributed by atoms with Crippen molar-refractivity contribution in [3.8, 4) is 0 Å². The van der Waals surface area contributed by atoms with Crippen LogP contribution in [-0.4, -0.2) is 11.8 Å². The quantitative estimate of drug-likeness (QED) is 0.386. The van der Waals surface area contributed by atoms with Crippen LogP contribution in [0.4, 0.5) is 5.69 Å². The number of nitrogens with one attached hydrogen (secondary N) is 2. The third-order valence-corrected chi connectivity index (χ3v) is 7.09. The normalized spacial score (nSPS) is 19.9. The molecule has 0 aliphatic carbocycles. The van der Waals surface area contributed by atoms with Crippen molar-refractivity contribution in [3.63, 3.8) is 0 Å². The number of para-hydroxylation sites is 1. The van der Waals surface area contributed by atoms with Gasteiger partial charge in [-0.05, 0) is 40.8 Å². The number of benzene rings is 3. The number of hydrogen-bond acceptors (Lipinski definition) is 4. The monoisotopic (exact) mass is 473 g/mol. The molecule has 1 aliphatic heterocycles. The van der Waals surface area contributed by atoms with Crippen LogP contribution in [0.1, 0.15) is 38.0 Å². The van der Waals surface area contributed by atoms with Crippen molar-refractivity contribution in [3.05, 3.63) is 122 Å².